The van der Waals surface area contributed by atoms with Crippen LogP contribution in [0.5, 0.6) is 0 Å². The maximum absolute atomic E-state index is 5.66. The van der Waals surface area contributed by atoms with Crippen LogP contribution in [0.2, 0.25) is 0 Å². The SMILES string of the molecule is CC(CN1CCCCC1)Nc1ccc(C(N)=S)c(Br)c1. The van der Waals surface area contributed by atoms with Crippen molar-refractivity contribution in [2.75, 3.05) is 25.0 Å². The van der Waals surface area contributed by atoms with Crippen LogP contribution < -0.4 is 11.1 Å². The van der Waals surface area contributed by atoms with Gasteiger partial charge >= 0.3 is 0 Å². The first-order valence-electron chi connectivity index (χ1n) is 7.14. The van der Waals surface area contributed by atoms with Crippen molar-refractivity contribution in [2.45, 2.75) is 32.2 Å². The van der Waals surface area contributed by atoms with Crippen molar-refractivity contribution >= 4 is 38.8 Å². The number of hydrogen-bond donors (Lipinski definition) is 2. The van der Waals surface area contributed by atoms with Crippen molar-refractivity contribution in [3.8, 4) is 0 Å². The molecular weight excluding hydrogens is 334 g/mol. The number of thiocarbonyl (C=S) groups is 1. The summed E-state index contributed by atoms with van der Waals surface area (Å²) in [6.45, 7) is 5.78. The summed E-state index contributed by atoms with van der Waals surface area (Å²) >= 11 is 8.53. The molecule has 1 aliphatic heterocycles. The van der Waals surface area contributed by atoms with Crippen molar-refractivity contribution in [1.29, 1.82) is 0 Å². The monoisotopic (exact) mass is 355 g/mol. The number of piperidine rings is 1. The van der Waals surface area contributed by atoms with Gasteiger partial charge in [-0.25, -0.2) is 0 Å². The van der Waals surface area contributed by atoms with Crippen LogP contribution in [-0.4, -0.2) is 35.6 Å². The summed E-state index contributed by atoms with van der Waals surface area (Å²) in [6.07, 6.45) is 4.05. The van der Waals surface area contributed by atoms with E-state index in [9.17, 15) is 0 Å². The summed E-state index contributed by atoms with van der Waals surface area (Å²) in [5, 5.41) is 3.54. The number of nitrogens with one attached hydrogen (secondary N) is 1. The molecule has 0 aromatic heterocycles. The molecule has 0 spiro atoms. The fourth-order valence-electron chi connectivity index (χ4n) is 2.66. The molecule has 1 unspecified atom stereocenters. The molecule has 3 nitrogen and oxygen atoms in total. The third kappa shape index (κ3) is 4.43. The third-order valence-electron chi connectivity index (χ3n) is 3.63. The van der Waals surface area contributed by atoms with Gasteiger partial charge in [0.25, 0.3) is 0 Å². The summed E-state index contributed by atoms with van der Waals surface area (Å²) in [7, 11) is 0. The molecular formula is C15H22BrN3S. The summed E-state index contributed by atoms with van der Waals surface area (Å²) in [5.41, 5.74) is 7.65. The van der Waals surface area contributed by atoms with Crippen LogP contribution in [0.4, 0.5) is 5.69 Å². The van der Waals surface area contributed by atoms with Crippen LogP contribution in [0.1, 0.15) is 31.7 Å². The molecule has 0 bridgehead atoms. The number of benzene rings is 1. The number of halogens is 1. The molecule has 0 aliphatic carbocycles. The van der Waals surface area contributed by atoms with Gasteiger partial charge in [-0.2, -0.15) is 0 Å². The zero-order valence-corrected chi connectivity index (χ0v) is 14.3. The normalized spacial score (nSPS) is 17.7. The van der Waals surface area contributed by atoms with E-state index in [2.05, 4.69) is 33.1 Å². The van der Waals surface area contributed by atoms with Crippen molar-refractivity contribution in [3.05, 3.63) is 28.2 Å². The lowest BCUT2D eigenvalue weighted by atomic mass is 10.1. The summed E-state index contributed by atoms with van der Waals surface area (Å²) in [5.74, 6) is 0. The standard InChI is InChI=1S/C15H22BrN3S/c1-11(10-19-7-3-2-4-8-19)18-12-5-6-13(15(17)20)14(16)9-12/h5-6,9,11,18H,2-4,7-8,10H2,1H3,(H2,17,20). The van der Waals surface area contributed by atoms with Gasteiger partial charge in [-0.3, -0.25) is 0 Å². The Hall–Kier alpha value is -0.650. The number of anilines is 1. The van der Waals surface area contributed by atoms with Crippen LogP contribution in [0.25, 0.3) is 0 Å². The largest absolute Gasteiger partial charge is 0.389 e. The minimum atomic E-state index is 0.421. The number of hydrogen-bond acceptors (Lipinski definition) is 3. The number of nitrogens with zero attached hydrogens (tertiary/aromatic N) is 1. The molecule has 1 aromatic carbocycles. The van der Waals surface area contributed by atoms with Crippen molar-refractivity contribution < 1.29 is 0 Å². The van der Waals surface area contributed by atoms with E-state index in [-0.39, 0.29) is 0 Å². The topological polar surface area (TPSA) is 41.3 Å². The molecule has 1 fully saturated rings. The smallest absolute Gasteiger partial charge is 0.105 e. The second-order valence-electron chi connectivity index (χ2n) is 5.47. The number of likely N-dealkylation sites (tertiary alicyclic amines) is 1. The minimum absolute atomic E-state index is 0.421. The van der Waals surface area contributed by atoms with Crippen molar-refractivity contribution in [1.82, 2.24) is 4.90 Å². The Bertz CT molecular complexity index is 472. The second kappa shape index (κ2) is 7.38. The van der Waals surface area contributed by atoms with Crippen LogP contribution >= 0.6 is 28.1 Å². The average Bonchev–Trinajstić information content (AvgIpc) is 2.39. The fraction of sp³-hybridized carbons (Fsp3) is 0.533. The zero-order valence-electron chi connectivity index (χ0n) is 11.9. The summed E-state index contributed by atoms with van der Waals surface area (Å²) < 4.78 is 0.945. The molecule has 5 heteroatoms. The minimum Gasteiger partial charge on any atom is -0.389 e. The molecule has 0 radical (unpaired) electrons. The average molecular weight is 356 g/mol. The Morgan fingerprint density at radius 2 is 2.10 bits per heavy atom. The predicted molar refractivity (Wildman–Crippen MR) is 93.4 cm³/mol. The molecule has 110 valence electrons. The predicted octanol–water partition coefficient (Wildman–Crippen LogP) is 3.37. The first-order chi connectivity index (χ1) is 9.56. The lowest BCUT2D eigenvalue weighted by Crippen LogP contribution is -2.38. The van der Waals surface area contributed by atoms with Crippen LogP contribution in [0.15, 0.2) is 22.7 Å². The first-order valence-corrected chi connectivity index (χ1v) is 8.34. The lowest BCUT2D eigenvalue weighted by molar-refractivity contribution is 0.223. The van der Waals surface area contributed by atoms with E-state index in [1.54, 1.807) is 0 Å². The Morgan fingerprint density at radius 3 is 2.70 bits per heavy atom. The van der Waals surface area contributed by atoms with E-state index in [0.29, 0.717) is 11.0 Å². The van der Waals surface area contributed by atoms with E-state index in [1.807, 2.05) is 18.2 Å². The molecule has 1 aromatic rings. The van der Waals surface area contributed by atoms with Gasteiger partial charge in [0.05, 0.1) is 0 Å². The highest BCUT2D eigenvalue weighted by atomic mass is 79.9. The Kier molecular flexibility index (Phi) is 5.81. The highest BCUT2D eigenvalue weighted by molar-refractivity contribution is 9.10. The maximum atomic E-state index is 5.66. The molecule has 20 heavy (non-hydrogen) atoms. The van der Waals surface area contributed by atoms with Gasteiger partial charge in [-0.05, 0) is 67.0 Å². The van der Waals surface area contributed by atoms with Gasteiger partial charge in [0, 0.05) is 28.3 Å². The molecule has 1 aliphatic rings. The van der Waals surface area contributed by atoms with Gasteiger partial charge in [-0.1, -0.05) is 18.6 Å². The van der Waals surface area contributed by atoms with Crippen molar-refractivity contribution in [2.24, 2.45) is 5.73 Å². The zero-order chi connectivity index (χ0) is 14.5. The summed E-state index contributed by atoms with van der Waals surface area (Å²) in [6, 6.07) is 6.46. The van der Waals surface area contributed by atoms with E-state index in [0.717, 1.165) is 22.3 Å². The maximum Gasteiger partial charge on any atom is 0.105 e. The van der Waals surface area contributed by atoms with Gasteiger partial charge in [0.2, 0.25) is 0 Å². The van der Waals surface area contributed by atoms with E-state index in [1.165, 1.54) is 32.4 Å². The molecule has 3 N–H and O–H groups in total. The summed E-state index contributed by atoms with van der Waals surface area (Å²) in [4.78, 5) is 2.96. The fourth-order valence-corrected chi connectivity index (χ4v) is 3.57. The van der Waals surface area contributed by atoms with Crippen LogP contribution in [-0.2, 0) is 0 Å². The molecule has 0 amide bonds. The number of nitrogens with two attached hydrogens (primary N) is 1. The molecule has 1 atom stereocenters. The highest BCUT2D eigenvalue weighted by Gasteiger charge is 2.13. The van der Waals surface area contributed by atoms with Gasteiger partial charge in [0.15, 0.2) is 0 Å². The van der Waals surface area contributed by atoms with E-state index < -0.39 is 0 Å². The molecule has 0 saturated carbocycles. The Labute approximate surface area is 135 Å². The molecule has 1 heterocycles. The van der Waals surface area contributed by atoms with Crippen LogP contribution in [0, 0.1) is 0 Å². The van der Waals surface area contributed by atoms with Crippen molar-refractivity contribution in [3.63, 3.8) is 0 Å². The van der Waals surface area contributed by atoms with Gasteiger partial charge < -0.3 is 16.0 Å². The lowest BCUT2D eigenvalue weighted by Gasteiger charge is -2.29. The first kappa shape index (κ1) is 15.7. The molecule has 1 saturated heterocycles. The highest BCUT2D eigenvalue weighted by Crippen LogP contribution is 2.22. The van der Waals surface area contributed by atoms with Gasteiger partial charge in [0.1, 0.15) is 4.99 Å². The van der Waals surface area contributed by atoms with Gasteiger partial charge in [-0.15, -0.1) is 0 Å². The Morgan fingerprint density at radius 1 is 1.40 bits per heavy atom. The molecule has 2 rings (SSSR count). The Balaban J connectivity index is 1.92. The van der Waals surface area contributed by atoms with E-state index >= 15 is 0 Å². The quantitative estimate of drug-likeness (QED) is 0.794. The third-order valence-corrected chi connectivity index (χ3v) is 4.50. The van der Waals surface area contributed by atoms with E-state index in [4.69, 9.17) is 18.0 Å². The van der Waals surface area contributed by atoms with Crippen LogP contribution in [0.3, 0.4) is 0 Å². The second-order valence-corrected chi connectivity index (χ2v) is 6.76. The number of rotatable bonds is 5.